The number of methoxy groups -OCH3 is 1. The van der Waals surface area contributed by atoms with Crippen LogP contribution in [0, 0.1) is 0 Å². The van der Waals surface area contributed by atoms with Gasteiger partial charge in [-0.2, -0.15) is 0 Å². The van der Waals surface area contributed by atoms with Gasteiger partial charge in [0, 0.05) is 5.56 Å². The number of carbonyl (C=O) groups is 1. The molecule has 0 saturated heterocycles. The molecule has 0 unspecified atom stereocenters. The van der Waals surface area contributed by atoms with Gasteiger partial charge in [0.1, 0.15) is 11.5 Å². The van der Waals surface area contributed by atoms with Crippen molar-refractivity contribution < 1.29 is 19.4 Å². The molecule has 0 fully saturated rings. The second-order valence-electron chi connectivity index (χ2n) is 6.85. The fourth-order valence-corrected chi connectivity index (χ4v) is 3.27. The van der Waals surface area contributed by atoms with Crippen LogP contribution in [0.2, 0.25) is 0 Å². The predicted octanol–water partition coefficient (Wildman–Crippen LogP) is 6.04. The van der Waals surface area contributed by atoms with Crippen molar-refractivity contribution in [2.75, 3.05) is 13.7 Å². The van der Waals surface area contributed by atoms with Crippen LogP contribution < -0.4 is 9.47 Å². The van der Waals surface area contributed by atoms with E-state index in [0.717, 1.165) is 35.6 Å². The number of hydrogen-bond donors (Lipinski definition) is 1. The molecule has 1 N–H and O–H groups in total. The van der Waals surface area contributed by atoms with E-state index in [1.54, 1.807) is 37.5 Å². The largest absolute Gasteiger partial charge is 0.497 e. The normalized spacial score (nSPS) is 11.4. The second-order valence-corrected chi connectivity index (χ2v) is 6.85. The third-order valence-corrected chi connectivity index (χ3v) is 4.86. The number of aliphatic carboxylic acids is 1. The Labute approximate surface area is 171 Å². The van der Waals surface area contributed by atoms with Gasteiger partial charge in [-0.15, -0.1) is 0 Å². The van der Waals surface area contributed by atoms with E-state index in [1.807, 2.05) is 36.4 Å². The van der Waals surface area contributed by atoms with Gasteiger partial charge in [-0.25, -0.2) is 4.79 Å². The second kappa shape index (κ2) is 9.78. The van der Waals surface area contributed by atoms with Crippen LogP contribution in [0.15, 0.2) is 60.7 Å². The molecule has 0 aromatic heterocycles. The Bertz CT molecular complexity index is 1000. The van der Waals surface area contributed by atoms with Gasteiger partial charge >= 0.3 is 5.97 Å². The molecule has 3 aromatic carbocycles. The summed E-state index contributed by atoms with van der Waals surface area (Å²) in [6.07, 6.45) is 4.90. The minimum Gasteiger partial charge on any atom is -0.497 e. The number of unbranched alkanes of at least 4 members (excludes halogenated alkanes) is 2. The Kier molecular flexibility index (Phi) is 6.90. The zero-order valence-corrected chi connectivity index (χ0v) is 16.9. The third-order valence-electron chi connectivity index (χ3n) is 4.86. The highest BCUT2D eigenvalue weighted by molar-refractivity contribution is 6.22. The monoisotopic (exact) mass is 390 g/mol. The third kappa shape index (κ3) is 4.96. The molecule has 0 spiro atoms. The van der Waals surface area contributed by atoms with Crippen LogP contribution >= 0.6 is 0 Å². The number of fused-ring (bicyclic) bond motifs is 1. The van der Waals surface area contributed by atoms with Gasteiger partial charge in [-0.05, 0) is 47.0 Å². The number of benzene rings is 3. The van der Waals surface area contributed by atoms with E-state index in [9.17, 15) is 9.90 Å². The summed E-state index contributed by atoms with van der Waals surface area (Å²) >= 11 is 0. The van der Waals surface area contributed by atoms with E-state index in [-0.39, 0.29) is 5.57 Å². The number of hydrogen-bond acceptors (Lipinski definition) is 3. The molecular formula is C25H26O4. The van der Waals surface area contributed by atoms with Gasteiger partial charge in [-0.3, -0.25) is 0 Å². The van der Waals surface area contributed by atoms with Gasteiger partial charge < -0.3 is 14.6 Å². The maximum absolute atomic E-state index is 12.1. The lowest BCUT2D eigenvalue weighted by molar-refractivity contribution is -0.130. The standard InChI is InChI=1S/C25H26O4/c1-3-4-7-16-29-24-15-12-18-8-5-6-9-21(18)23(24)17-22(25(26)27)19-10-13-20(28-2)14-11-19/h5-6,8-15,17H,3-4,7,16H2,1-2H3,(H,26,27)/b22-17+. The summed E-state index contributed by atoms with van der Waals surface area (Å²) in [6, 6.07) is 18.9. The first-order valence-corrected chi connectivity index (χ1v) is 9.88. The number of carboxylic acids is 1. The predicted molar refractivity (Wildman–Crippen MR) is 117 cm³/mol. The van der Waals surface area contributed by atoms with Crippen LogP contribution in [0.1, 0.15) is 37.3 Å². The number of ether oxygens (including phenoxy) is 2. The van der Waals surface area contributed by atoms with Crippen molar-refractivity contribution in [3.8, 4) is 11.5 Å². The van der Waals surface area contributed by atoms with Crippen LogP contribution in [-0.4, -0.2) is 24.8 Å². The van der Waals surface area contributed by atoms with Crippen molar-refractivity contribution in [1.82, 2.24) is 0 Å². The van der Waals surface area contributed by atoms with Crippen molar-refractivity contribution in [3.05, 3.63) is 71.8 Å². The molecule has 0 radical (unpaired) electrons. The molecule has 0 aliphatic carbocycles. The molecule has 0 heterocycles. The van der Waals surface area contributed by atoms with Gasteiger partial charge in [0.15, 0.2) is 0 Å². The van der Waals surface area contributed by atoms with E-state index in [1.165, 1.54) is 0 Å². The van der Waals surface area contributed by atoms with Gasteiger partial charge in [0.05, 0.1) is 19.3 Å². The summed E-state index contributed by atoms with van der Waals surface area (Å²) in [5.74, 6) is 0.399. The molecular weight excluding hydrogens is 364 g/mol. The highest BCUT2D eigenvalue weighted by Gasteiger charge is 2.14. The van der Waals surface area contributed by atoms with Crippen LogP contribution in [0.25, 0.3) is 22.4 Å². The van der Waals surface area contributed by atoms with Gasteiger partial charge in [0.25, 0.3) is 0 Å². The summed E-state index contributed by atoms with van der Waals surface area (Å²) in [5, 5.41) is 11.9. The minimum atomic E-state index is -0.986. The summed E-state index contributed by atoms with van der Waals surface area (Å²) in [6.45, 7) is 2.76. The average Bonchev–Trinajstić information content (AvgIpc) is 2.75. The molecule has 4 nitrogen and oxygen atoms in total. The van der Waals surface area contributed by atoms with Crippen molar-refractivity contribution >= 4 is 28.4 Å². The SMILES string of the molecule is CCCCCOc1ccc2ccccc2c1/C=C(/C(=O)O)c1ccc(OC)cc1. The molecule has 0 saturated carbocycles. The first kappa shape index (κ1) is 20.5. The van der Waals surface area contributed by atoms with E-state index in [4.69, 9.17) is 9.47 Å². The quantitative estimate of drug-likeness (QED) is 0.275. The fraction of sp³-hybridized carbons (Fsp3) is 0.240. The first-order chi connectivity index (χ1) is 14.1. The van der Waals surface area contributed by atoms with Crippen molar-refractivity contribution in [3.63, 3.8) is 0 Å². The Balaban J connectivity index is 2.09. The van der Waals surface area contributed by atoms with Crippen LogP contribution in [-0.2, 0) is 4.79 Å². The summed E-state index contributed by atoms with van der Waals surface area (Å²) in [5.41, 5.74) is 1.61. The molecule has 0 atom stereocenters. The van der Waals surface area contributed by atoms with E-state index in [0.29, 0.717) is 23.7 Å². The minimum absolute atomic E-state index is 0.211. The van der Waals surface area contributed by atoms with Gasteiger partial charge in [-0.1, -0.05) is 62.2 Å². The van der Waals surface area contributed by atoms with Crippen LogP contribution in [0.4, 0.5) is 0 Å². The molecule has 0 aliphatic heterocycles. The first-order valence-electron chi connectivity index (χ1n) is 9.88. The number of rotatable bonds is 9. The summed E-state index contributed by atoms with van der Waals surface area (Å²) in [7, 11) is 1.58. The smallest absolute Gasteiger partial charge is 0.336 e. The molecule has 3 rings (SSSR count). The maximum atomic E-state index is 12.1. The fourth-order valence-electron chi connectivity index (χ4n) is 3.27. The summed E-state index contributed by atoms with van der Waals surface area (Å²) in [4.78, 5) is 12.1. The molecule has 29 heavy (non-hydrogen) atoms. The number of carboxylic acid groups (broad SMARTS) is 1. The van der Waals surface area contributed by atoms with E-state index in [2.05, 4.69) is 6.92 Å². The Hall–Kier alpha value is -3.27. The van der Waals surface area contributed by atoms with E-state index >= 15 is 0 Å². The average molecular weight is 390 g/mol. The molecule has 3 aromatic rings. The highest BCUT2D eigenvalue weighted by atomic mass is 16.5. The van der Waals surface area contributed by atoms with Crippen molar-refractivity contribution in [1.29, 1.82) is 0 Å². The Morgan fingerprint density at radius 3 is 2.45 bits per heavy atom. The zero-order chi connectivity index (χ0) is 20.6. The summed E-state index contributed by atoms with van der Waals surface area (Å²) < 4.78 is 11.2. The zero-order valence-electron chi connectivity index (χ0n) is 16.9. The Morgan fingerprint density at radius 2 is 1.76 bits per heavy atom. The molecule has 4 heteroatoms. The molecule has 150 valence electrons. The van der Waals surface area contributed by atoms with Crippen molar-refractivity contribution in [2.24, 2.45) is 0 Å². The van der Waals surface area contributed by atoms with Crippen LogP contribution in [0.3, 0.4) is 0 Å². The van der Waals surface area contributed by atoms with Crippen LogP contribution in [0.5, 0.6) is 11.5 Å². The lowest BCUT2D eigenvalue weighted by Crippen LogP contribution is -2.02. The molecule has 0 aliphatic rings. The Morgan fingerprint density at radius 1 is 1.00 bits per heavy atom. The maximum Gasteiger partial charge on any atom is 0.336 e. The molecule has 0 bridgehead atoms. The topological polar surface area (TPSA) is 55.8 Å². The van der Waals surface area contributed by atoms with E-state index < -0.39 is 5.97 Å². The van der Waals surface area contributed by atoms with Crippen molar-refractivity contribution in [2.45, 2.75) is 26.2 Å². The van der Waals surface area contributed by atoms with Gasteiger partial charge in [0.2, 0.25) is 0 Å². The molecule has 0 amide bonds. The lowest BCUT2D eigenvalue weighted by Gasteiger charge is -2.13. The highest BCUT2D eigenvalue weighted by Crippen LogP contribution is 2.32. The lowest BCUT2D eigenvalue weighted by atomic mass is 9.98.